The Morgan fingerprint density at radius 2 is 1.92 bits per heavy atom. The van der Waals surface area contributed by atoms with Crippen LogP contribution in [0.25, 0.3) is 0 Å². The van der Waals surface area contributed by atoms with Crippen molar-refractivity contribution in [1.82, 2.24) is 5.32 Å². The zero-order valence-corrected chi connectivity index (χ0v) is 9.11. The summed E-state index contributed by atoms with van der Waals surface area (Å²) in [7, 11) is 1.76. The predicted octanol–water partition coefficient (Wildman–Crippen LogP) is 2.05. The molecule has 12 heavy (non-hydrogen) atoms. The van der Waals surface area contributed by atoms with Crippen LogP contribution in [0.3, 0.4) is 0 Å². The van der Waals surface area contributed by atoms with Crippen LogP contribution in [0.1, 0.15) is 34.1 Å². The van der Waals surface area contributed by atoms with Crippen molar-refractivity contribution in [3.63, 3.8) is 0 Å². The summed E-state index contributed by atoms with van der Waals surface area (Å²) in [6.07, 6.45) is 1.18. The molecule has 0 saturated heterocycles. The highest BCUT2D eigenvalue weighted by Gasteiger charge is 2.12. The fourth-order valence-electron chi connectivity index (χ4n) is 1.01. The third-order valence-electron chi connectivity index (χ3n) is 1.90. The lowest BCUT2D eigenvalue weighted by Crippen LogP contribution is -2.39. The van der Waals surface area contributed by atoms with Gasteiger partial charge in [0.1, 0.15) is 0 Å². The molecule has 0 amide bonds. The highest BCUT2D eigenvalue weighted by Crippen LogP contribution is 2.05. The van der Waals surface area contributed by atoms with E-state index in [1.165, 1.54) is 6.42 Å². The maximum atomic E-state index is 5.12. The molecule has 1 unspecified atom stereocenters. The van der Waals surface area contributed by atoms with E-state index in [0.29, 0.717) is 5.92 Å². The van der Waals surface area contributed by atoms with Gasteiger partial charge in [0.15, 0.2) is 0 Å². The Balaban J connectivity index is 3.58. The second-order valence-corrected chi connectivity index (χ2v) is 4.36. The van der Waals surface area contributed by atoms with Gasteiger partial charge in [0, 0.05) is 19.2 Å². The van der Waals surface area contributed by atoms with Crippen molar-refractivity contribution in [2.75, 3.05) is 20.3 Å². The van der Waals surface area contributed by atoms with Gasteiger partial charge in [0.2, 0.25) is 0 Å². The Labute approximate surface area is 76.7 Å². The molecule has 2 heteroatoms. The standard InChI is InChI=1S/C10H23NO/c1-6-9(8-12-5)7-11-10(2,3)4/h9,11H,6-8H2,1-5H3. The third-order valence-corrected chi connectivity index (χ3v) is 1.90. The molecule has 0 heterocycles. The average molecular weight is 173 g/mol. The van der Waals surface area contributed by atoms with Gasteiger partial charge in [0.25, 0.3) is 0 Å². The Hall–Kier alpha value is -0.0800. The van der Waals surface area contributed by atoms with Crippen molar-refractivity contribution in [3.8, 4) is 0 Å². The van der Waals surface area contributed by atoms with Gasteiger partial charge in [-0.25, -0.2) is 0 Å². The van der Waals surface area contributed by atoms with Gasteiger partial charge >= 0.3 is 0 Å². The summed E-state index contributed by atoms with van der Waals surface area (Å²) < 4.78 is 5.12. The van der Waals surface area contributed by atoms with E-state index < -0.39 is 0 Å². The molecule has 0 rings (SSSR count). The topological polar surface area (TPSA) is 21.3 Å². The molecule has 0 aliphatic heterocycles. The van der Waals surface area contributed by atoms with E-state index in [2.05, 4.69) is 33.0 Å². The maximum Gasteiger partial charge on any atom is 0.0502 e. The van der Waals surface area contributed by atoms with E-state index >= 15 is 0 Å². The summed E-state index contributed by atoms with van der Waals surface area (Å²) in [5.41, 5.74) is 0.223. The molecule has 0 aromatic carbocycles. The molecule has 0 saturated carbocycles. The van der Waals surface area contributed by atoms with Crippen LogP contribution >= 0.6 is 0 Å². The SMILES string of the molecule is CCC(CNC(C)(C)C)COC. The van der Waals surface area contributed by atoms with Gasteiger partial charge in [-0.05, 0) is 33.1 Å². The van der Waals surface area contributed by atoms with Crippen LogP contribution in [0.5, 0.6) is 0 Å². The molecule has 0 aromatic rings. The van der Waals surface area contributed by atoms with Crippen LogP contribution in [-0.2, 0) is 4.74 Å². The van der Waals surface area contributed by atoms with Gasteiger partial charge < -0.3 is 10.1 Å². The molecule has 1 atom stereocenters. The summed E-state index contributed by atoms with van der Waals surface area (Å²) in [5.74, 6) is 0.647. The third kappa shape index (κ3) is 6.62. The van der Waals surface area contributed by atoms with Gasteiger partial charge in [-0.3, -0.25) is 0 Å². The van der Waals surface area contributed by atoms with Crippen LogP contribution in [-0.4, -0.2) is 25.8 Å². The summed E-state index contributed by atoms with van der Waals surface area (Å²) >= 11 is 0. The molecule has 74 valence electrons. The van der Waals surface area contributed by atoms with Crippen LogP contribution in [0, 0.1) is 5.92 Å². The molecular weight excluding hydrogens is 150 g/mol. The Kier molecular flexibility index (Phi) is 5.51. The largest absolute Gasteiger partial charge is 0.384 e. The first kappa shape index (κ1) is 11.9. The quantitative estimate of drug-likeness (QED) is 0.687. The zero-order chi connectivity index (χ0) is 9.61. The molecular formula is C10H23NO. The van der Waals surface area contributed by atoms with Crippen LogP contribution in [0.2, 0.25) is 0 Å². The Morgan fingerprint density at radius 3 is 2.25 bits per heavy atom. The molecule has 0 aromatic heterocycles. The van der Waals surface area contributed by atoms with E-state index in [0.717, 1.165) is 13.2 Å². The van der Waals surface area contributed by atoms with E-state index in [1.54, 1.807) is 7.11 Å². The minimum absolute atomic E-state index is 0.223. The lowest BCUT2D eigenvalue weighted by molar-refractivity contribution is 0.144. The zero-order valence-electron chi connectivity index (χ0n) is 9.11. The van der Waals surface area contributed by atoms with Gasteiger partial charge in [-0.1, -0.05) is 6.92 Å². The Morgan fingerprint density at radius 1 is 1.33 bits per heavy atom. The number of methoxy groups -OCH3 is 1. The van der Waals surface area contributed by atoms with Crippen molar-refractivity contribution < 1.29 is 4.74 Å². The number of hydrogen-bond donors (Lipinski definition) is 1. The smallest absolute Gasteiger partial charge is 0.0502 e. The highest BCUT2D eigenvalue weighted by atomic mass is 16.5. The van der Waals surface area contributed by atoms with E-state index in [1.807, 2.05) is 0 Å². The van der Waals surface area contributed by atoms with Gasteiger partial charge in [0.05, 0.1) is 6.61 Å². The minimum Gasteiger partial charge on any atom is -0.384 e. The molecule has 0 radical (unpaired) electrons. The van der Waals surface area contributed by atoms with E-state index in [4.69, 9.17) is 4.74 Å². The van der Waals surface area contributed by atoms with Crippen LogP contribution < -0.4 is 5.32 Å². The molecule has 0 aliphatic rings. The fraction of sp³-hybridized carbons (Fsp3) is 1.00. The predicted molar refractivity (Wildman–Crippen MR) is 53.4 cm³/mol. The first-order valence-corrected chi connectivity index (χ1v) is 4.73. The number of nitrogens with one attached hydrogen (secondary N) is 1. The number of hydrogen-bond acceptors (Lipinski definition) is 2. The lowest BCUT2D eigenvalue weighted by atomic mass is 10.0. The number of ether oxygens (including phenoxy) is 1. The monoisotopic (exact) mass is 173 g/mol. The second kappa shape index (κ2) is 5.55. The maximum absolute atomic E-state index is 5.12. The van der Waals surface area contributed by atoms with Crippen molar-refractivity contribution >= 4 is 0 Å². The summed E-state index contributed by atoms with van der Waals surface area (Å²) in [5, 5.41) is 3.48. The van der Waals surface area contributed by atoms with E-state index in [-0.39, 0.29) is 5.54 Å². The molecule has 2 nitrogen and oxygen atoms in total. The molecule has 0 fully saturated rings. The van der Waals surface area contributed by atoms with Crippen molar-refractivity contribution in [2.24, 2.45) is 5.92 Å². The van der Waals surface area contributed by atoms with E-state index in [9.17, 15) is 0 Å². The Bertz CT molecular complexity index is 107. The first-order chi connectivity index (χ1) is 5.49. The number of rotatable bonds is 5. The van der Waals surface area contributed by atoms with Crippen LogP contribution in [0.15, 0.2) is 0 Å². The molecule has 0 spiro atoms. The summed E-state index contributed by atoms with van der Waals surface area (Å²) in [4.78, 5) is 0. The second-order valence-electron chi connectivity index (χ2n) is 4.36. The van der Waals surface area contributed by atoms with Crippen molar-refractivity contribution in [1.29, 1.82) is 0 Å². The van der Waals surface area contributed by atoms with Crippen molar-refractivity contribution in [2.45, 2.75) is 39.7 Å². The van der Waals surface area contributed by atoms with Crippen molar-refractivity contribution in [3.05, 3.63) is 0 Å². The molecule has 1 N–H and O–H groups in total. The minimum atomic E-state index is 0.223. The van der Waals surface area contributed by atoms with Crippen LogP contribution in [0.4, 0.5) is 0 Å². The molecule has 0 bridgehead atoms. The van der Waals surface area contributed by atoms with Gasteiger partial charge in [-0.2, -0.15) is 0 Å². The summed E-state index contributed by atoms with van der Waals surface area (Å²) in [6, 6.07) is 0. The summed E-state index contributed by atoms with van der Waals surface area (Å²) in [6.45, 7) is 10.7. The average Bonchev–Trinajstić information content (AvgIpc) is 1.96. The normalized spacial score (nSPS) is 14.8. The fourth-order valence-corrected chi connectivity index (χ4v) is 1.01. The van der Waals surface area contributed by atoms with Gasteiger partial charge in [-0.15, -0.1) is 0 Å². The first-order valence-electron chi connectivity index (χ1n) is 4.73. The molecule has 0 aliphatic carbocycles. The lowest BCUT2D eigenvalue weighted by Gasteiger charge is -2.24. The highest BCUT2D eigenvalue weighted by molar-refractivity contribution is 4.72.